The summed E-state index contributed by atoms with van der Waals surface area (Å²) in [4.78, 5) is 7.25. The van der Waals surface area contributed by atoms with Crippen LogP contribution in [0.1, 0.15) is 25.8 Å². The third-order valence-corrected chi connectivity index (χ3v) is 4.50. The molecule has 1 aromatic carbocycles. The van der Waals surface area contributed by atoms with Gasteiger partial charge in [0.15, 0.2) is 5.96 Å². The van der Waals surface area contributed by atoms with E-state index in [4.69, 9.17) is 16.6 Å². The first-order valence-corrected chi connectivity index (χ1v) is 9.08. The number of nitrogens with one attached hydrogen (secondary N) is 2. The molecule has 0 amide bonds. The lowest BCUT2D eigenvalue weighted by Gasteiger charge is -2.14. The van der Waals surface area contributed by atoms with E-state index in [0.717, 1.165) is 43.6 Å². The molecule has 0 radical (unpaired) electrons. The highest BCUT2D eigenvalue weighted by atomic mass is 35.5. The second-order valence-corrected chi connectivity index (χ2v) is 6.51. The Kier molecular flexibility index (Phi) is 7.69. The summed E-state index contributed by atoms with van der Waals surface area (Å²) in [5.74, 6) is 1.61. The summed E-state index contributed by atoms with van der Waals surface area (Å²) in [5, 5.41) is 7.54. The van der Waals surface area contributed by atoms with Crippen molar-refractivity contribution in [3.8, 4) is 0 Å². The van der Waals surface area contributed by atoms with Crippen molar-refractivity contribution in [1.82, 2.24) is 15.5 Å². The van der Waals surface area contributed by atoms with Gasteiger partial charge in [0.1, 0.15) is 0 Å². The molecule has 5 heteroatoms. The van der Waals surface area contributed by atoms with Gasteiger partial charge in [0.2, 0.25) is 0 Å². The number of rotatable bonds is 7. The van der Waals surface area contributed by atoms with Gasteiger partial charge in [-0.3, -0.25) is 4.99 Å². The zero-order chi connectivity index (χ0) is 16.5. The summed E-state index contributed by atoms with van der Waals surface area (Å²) in [6.45, 7) is 10.5. The van der Waals surface area contributed by atoms with Gasteiger partial charge in [-0.05, 0) is 56.5 Å². The number of guanidine groups is 1. The Balaban J connectivity index is 1.77. The van der Waals surface area contributed by atoms with Crippen LogP contribution in [0.3, 0.4) is 0 Å². The minimum Gasteiger partial charge on any atom is -0.357 e. The van der Waals surface area contributed by atoms with Crippen LogP contribution in [0.25, 0.3) is 0 Å². The Hall–Kier alpha value is -1.26. The predicted molar refractivity (Wildman–Crippen MR) is 99.4 cm³/mol. The van der Waals surface area contributed by atoms with Gasteiger partial charge in [-0.2, -0.15) is 0 Å². The van der Waals surface area contributed by atoms with E-state index in [1.165, 1.54) is 25.1 Å². The van der Waals surface area contributed by atoms with E-state index in [1.807, 2.05) is 18.2 Å². The van der Waals surface area contributed by atoms with Crippen molar-refractivity contribution in [3.05, 3.63) is 34.9 Å². The first-order chi connectivity index (χ1) is 11.2. The maximum atomic E-state index is 6.02. The largest absolute Gasteiger partial charge is 0.357 e. The molecule has 0 spiro atoms. The third-order valence-electron chi connectivity index (χ3n) is 4.26. The van der Waals surface area contributed by atoms with Gasteiger partial charge in [-0.15, -0.1) is 0 Å². The Bertz CT molecular complexity index is 504. The number of benzene rings is 1. The van der Waals surface area contributed by atoms with Crippen LogP contribution in [0.2, 0.25) is 5.02 Å². The van der Waals surface area contributed by atoms with E-state index in [0.29, 0.717) is 5.92 Å². The SMILES string of the molecule is CCNC(=NCC1CCN(CC)C1)NCCc1cccc(Cl)c1. The highest BCUT2D eigenvalue weighted by Crippen LogP contribution is 2.15. The molecule has 4 nitrogen and oxygen atoms in total. The molecule has 0 bridgehead atoms. The minimum absolute atomic E-state index is 0.693. The Morgan fingerprint density at radius 3 is 2.91 bits per heavy atom. The number of hydrogen-bond acceptors (Lipinski definition) is 2. The normalized spacial score (nSPS) is 19.1. The van der Waals surface area contributed by atoms with Crippen LogP contribution in [0, 0.1) is 5.92 Å². The van der Waals surface area contributed by atoms with Crippen molar-refractivity contribution in [1.29, 1.82) is 0 Å². The molecule has 1 unspecified atom stereocenters. The molecule has 1 fully saturated rings. The highest BCUT2D eigenvalue weighted by Gasteiger charge is 2.20. The Labute approximate surface area is 145 Å². The van der Waals surface area contributed by atoms with Crippen molar-refractivity contribution in [3.63, 3.8) is 0 Å². The summed E-state index contributed by atoms with van der Waals surface area (Å²) >= 11 is 6.02. The van der Waals surface area contributed by atoms with E-state index in [1.54, 1.807) is 0 Å². The van der Waals surface area contributed by atoms with Crippen molar-refractivity contribution in [2.24, 2.45) is 10.9 Å². The second kappa shape index (κ2) is 9.78. The molecule has 1 atom stereocenters. The standard InChI is InChI=1S/C18H29ClN4/c1-3-20-18(22-13-16-9-11-23(4-2)14-16)21-10-8-15-6-5-7-17(19)12-15/h5-7,12,16H,3-4,8-11,13-14H2,1-2H3,(H2,20,21,22). The zero-order valence-electron chi connectivity index (χ0n) is 14.3. The highest BCUT2D eigenvalue weighted by molar-refractivity contribution is 6.30. The van der Waals surface area contributed by atoms with Crippen LogP contribution >= 0.6 is 11.6 Å². The van der Waals surface area contributed by atoms with Gasteiger partial charge in [0, 0.05) is 31.2 Å². The molecule has 1 aromatic rings. The molecule has 1 saturated heterocycles. The topological polar surface area (TPSA) is 39.7 Å². The first kappa shape index (κ1) is 18.1. The van der Waals surface area contributed by atoms with Crippen LogP contribution in [0.5, 0.6) is 0 Å². The Morgan fingerprint density at radius 1 is 1.35 bits per heavy atom. The lowest BCUT2D eigenvalue weighted by atomic mass is 10.1. The maximum absolute atomic E-state index is 6.02. The molecule has 0 aliphatic carbocycles. The number of likely N-dealkylation sites (tertiary alicyclic amines) is 1. The van der Waals surface area contributed by atoms with Crippen molar-refractivity contribution >= 4 is 17.6 Å². The fourth-order valence-corrected chi connectivity index (χ4v) is 3.14. The van der Waals surface area contributed by atoms with E-state index in [9.17, 15) is 0 Å². The number of aliphatic imine (C=N–C) groups is 1. The molecule has 128 valence electrons. The van der Waals surface area contributed by atoms with Gasteiger partial charge in [0.05, 0.1) is 0 Å². The van der Waals surface area contributed by atoms with Crippen molar-refractivity contribution in [2.75, 3.05) is 39.3 Å². The fourth-order valence-electron chi connectivity index (χ4n) is 2.93. The van der Waals surface area contributed by atoms with Gasteiger partial charge in [-0.1, -0.05) is 30.7 Å². The minimum atomic E-state index is 0.693. The first-order valence-electron chi connectivity index (χ1n) is 8.70. The Morgan fingerprint density at radius 2 is 2.22 bits per heavy atom. The number of nitrogens with zero attached hydrogens (tertiary/aromatic N) is 2. The summed E-state index contributed by atoms with van der Waals surface area (Å²) in [6.07, 6.45) is 2.21. The summed E-state index contributed by atoms with van der Waals surface area (Å²) in [6, 6.07) is 8.03. The van der Waals surface area contributed by atoms with E-state index in [-0.39, 0.29) is 0 Å². The molecule has 0 aromatic heterocycles. The number of halogens is 1. The van der Waals surface area contributed by atoms with Crippen LogP contribution in [0.15, 0.2) is 29.3 Å². The van der Waals surface area contributed by atoms with Gasteiger partial charge in [-0.25, -0.2) is 0 Å². The van der Waals surface area contributed by atoms with Gasteiger partial charge < -0.3 is 15.5 Å². The van der Waals surface area contributed by atoms with Crippen molar-refractivity contribution in [2.45, 2.75) is 26.7 Å². The molecule has 2 rings (SSSR count). The molecular formula is C18H29ClN4. The molecule has 0 saturated carbocycles. The average Bonchev–Trinajstić information content (AvgIpc) is 3.01. The predicted octanol–water partition coefficient (Wildman–Crippen LogP) is 2.78. The van der Waals surface area contributed by atoms with E-state index in [2.05, 4.69) is 35.4 Å². The third kappa shape index (κ3) is 6.40. The molecule has 1 heterocycles. The van der Waals surface area contributed by atoms with Crippen LogP contribution in [-0.2, 0) is 6.42 Å². The van der Waals surface area contributed by atoms with Crippen molar-refractivity contribution < 1.29 is 0 Å². The van der Waals surface area contributed by atoms with Gasteiger partial charge in [0.25, 0.3) is 0 Å². The van der Waals surface area contributed by atoms with Crippen LogP contribution in [0.4, 0.5) is 0 Å². The molecule has 2 N–H and O–H groups in total. The molecule has 1 aliphatic heterocycles. The number of hydrogen-bond donors (Lipinski definition) is 2. The molecular weight excluding hydrogens is 308 g/mol. The quantitative estimate of drug-likeness (QED) is 0.594. The smallest absolute Gasteiger partial charge is 0.191 e. The zero-order valence-corrected chi connectivity index (χ0v) is 15.1. The summed E-state index contributed by atoms with van der Waals surface area (Å²) in [7, 11) is 0. The van der Waals surface area contributed by atoms with E-state index >= 15 is 0 Å². The van der Waals surface area contributed by atoms with Gasteiger partial charge >= 0.3 is 0 Å². The second-order valence-electron chi connectivity index (χ2n) is 6.07. The van der Waals surface area contributed by atoms with E-state index < -0.39 is 0 Å². The maximum Gasteiger partial charge on any atom is 0.191 e. The molecule has 1 aliphatic rings. The average molecular weight is 337 g/mol. The summed E-state index contributed by atoms with van der Waals surface area (Å²) in [5.41, 5.74) is 1.25. The monoisotopic (exact) mass is 336 g/mol. The molecule has 23 heavy (non-hydrogen) atoms. The lowest BCUT2D eigenvalue weighted by Crippen LogP contribution is -2.38. The lowest BCUT2D eigenvalue weighted by molar-refractivity contribution is 0.343. The summed E-state index contributed by atoms with van der Waals surface area (Å²) < 4.78 is 0. The fraction of sp³-hybridized carbons (Fsp3) is 0.611. The van der Waals surface area contributed by atoms with Crippen LogP contribution < -0.4 is 10.6 Å². The van der Waals surface area contributed by atoms with Crippen LogP contribution in [-0.4, -0.2) is 50.1 Å².